The molecule has 0 atom stereocenters. The van der Waals surface area contributed by atoms with E-state index in [0.29, 0.717) is 11.6 Å². The van der Waals surface area contributed by atoms with Crippen LogP contribution in [0.2, 0.25) is 10.3 Å². The first-order valence-corrected chi connectivity index (χ1v) is 8.51. The molecule has 0 aliphatic rings. The van der Waals surface area contributed by atoms with E-state index in [-0.39, 0.29) is 26.6 Å². The molecule has 1 aromatic carbocycles. The molecule has 3 rings (SSSR count). The van der Waals surface area contributed by atoms with Crippen LogP contribution in [0.1, 0.15) is 5.56 Å². The van der Waals surface area contributed by atoms with Gasteiger partial charge in [-0.15, -0.1) is 5.10 Å². The van der Waals surface area contributed by atoms with Gasteiger partial charge in [0.15, 0.2) is 5.82 Å². The Morgan fingerprint density at radius 3 is 2.32 bits per heavy atom. The Morgan fingerprint density at radius 2 is 1.79 bits per heavy atom. The Hall–Kier alpha value is -2.50. The Balaban J connectivity index is 2.23. The van der Waals surface area contributed by atoms with E-state index < -0.39 is 22.4 Å². The molecule has 13 heteroatoms. The van der Waals surface area contributed by atoms with Gasteiger partial charge in [0.2, 0.25) is 4.77 Å². The van der Waals surface area contributed by atoms with Crippen LogP contribution in [0.5, 0.6) is 0 Å². The van der Waals surface area contributed by atoms with Gasteiger partial charge in [0, 0.05) is 18.7 Å². The van der Waals surface area contributed by atoms with E-state index in [1.165, 1.54) is 16.7 Å². The van der Waals surface area contributed by atoms with E-state index in [2.05, 4.69) is 10.1 Å². The summed E-state index contributed by atoms with van der Waals surface area (Å²) < 4.78 is 41.2. The number of benzene rings is 1. The summed E-state index contributed by atoms with van der Waals surface area (Å²) in [5.41, 5.74) is -1.73. The summed E-state index contributed by atoms with van der Waals surface area (Å²) in [5.74, 6) is 0.241. The monoisotopic (exact) mass is 449 g/mol. The highest BCUT2D eigenvalue weighted by molar-refractivity contribution is 7.71. The Morgan fingerprint density at radius 1 is 1.18 bits per heavy atom. The second-order valence-electron chi connectivity index (χ2n) is 5.54. The predicted octanol–water partition coefficient (Wildman–Crippen LogP) is 5.24. The van der Waals surface area contributed by atoms with Crippen molar-refractivity contribution in [3.63, 3.8) is 0 Å². The summed E-state index contributed by atoms with van der Waals surface area (Å²) in [7, 11) is 1.54. The number of pyridine rings is 1. The molecular formula is C15H8Cl2F3N5O2S. The Labute approximate surface area is 170 Å². The third-order valence-electron chi connectivity index (χ3n) is 3.73. The summed E-state index contributed by atoms with van der Waals surface area (Å²) in [5, 5.41) is 15.7. The van der Waals surface area contributed by atoms with E-state index in [0.717, 1.165) is 16.8 Å². The van der Waals surface area contributed by atoms with Crippen molar-refractivity contribution in [2.75, 3.05) is 0 Å². The van der Waals surface area contributed by atoms with Crippen LogP contribution in [-0.2, 0) is 13.2 Å². The van der Waals surface area contributed by atoms with Crippen LogP contribution in [-0.4, -0.2) is 24.3 Å². The lowest BCUT2D eigenvalue weighted by atomic mass is 10.1. The number of rotatable bonds is 3. The van der Waals surface area contributed by atoms with Crippen LogP contribution < -0.4 is 0 Å². The maximum atomic E-state index is 12.9. The molecule has 0 saturated carbocycles. The fraction of sp³-hybridized carbons (Fsp3) is 0.133. The number of aromatic nitrogens is 4. The molecule has 0 amide bonds. The van der Waals surface area contributed by atoms with Crippen LogP contribution in [0.25, 0.3) is 17.1 Å². The fourth-order valence-corrected chi connectivity index (χ4v) is 3.15. The third-order valence-corrected chi connectivity index (χ3v) is 4.56. The van der Waals surface area contributed by atoms with E-state index >= 15 is 0 Å². The first kappa shape index (κ1) is 20.2. The summed E-state index contributed by atoms with van der Waals surface area (Å²) in [6, 6.07) is 5.01. The van der Waals surface area contributed by atoms with Crippen molar-refractivity contribution in [2.24, 2.45) is 7.05 Å². The molecule has 0 N–H and O–H groups in total. The van der Waals surface area contributed by atoms with Gasteiger partial charge >= 0.3 is 6.18 Å². The maximum Gasteiger partial charge on any atom is 0.416 e. The molecule has 0 aliphatic carbocycles. The predicted molar refractivity (Wildman–Crippen MR) is 98.3 cm³/mol. The zero-order valence-corrected chi connectivity index (χ0v) is 16.1. The van der Waals surface area contributed by atoms with Gasteiger partial charge < -0.3 is 4.57 Å². The minimum Gasteiger partial charge on any atom is -0.303 e. The third kappa shape index (κ3) is 3.73. The molecule has 28 heavy (non-hydrogen) atoms. The zero-order valence-electron chi connectivity index (χ0n) is 13.7. The molecule has 0 bridgehead atoms. The standard InChI is InChI=1S/C15H8Cl2F3N5O2S/c1-23-13(7-4-11(16)21-12(17)5-7)22-24(14(23)28)9-3-2-8(15(18,19)20)6-10(9)25(26)27/h2-6H,1H3. The number of halogens is 5. The number of nitrogens with zero attached hydrogens (tertiary/aromatic N) is 5. The molecule has 7 nitrogen and oxygen atoms in total. The summed E-state index contributed by atoms with van der Waals surface area (Å²) in [6.07, 6.45) is -4.73. The van der Waals surface area contributed by atoms with Gasteiger partial charge in [-0.05, 0) is 36.5 Å². The summed E-state index contributed by atoms with van der Waals surface area (Å²) >= 11 is 17.0. The molecule has 0 spiro atoms. The van der Waals surface area contributed by atoms with Crippen LogP contribution in [0.3, 0.4) is 0 Å². The average molecular weight is 450 g/mol. The molecule has 146 valence electrons. The number of nitro groups is 1. The van der Waals surface area contributed by atoms with Gasteiger partial charge in [-0.25, -0.2) is 4.98 Å². The SMILES string of the molecule is Cn1c(-c2cc(Cl)nc(Cl)c2)nn(-c2ccc(C(F)(F)F)cc2[N+](=O)[O-])c1=S. The van der Waals surface area contributed by atoms with Crippen molar-refractivity contribution in [2.45, 2.75) is 6.18 Å². The van der Waals surface area contributed by atoms with Crippen molar-refractivity contribution in [1.82, 2.24) is 19.3 Å². The topological polar surface area (TPSA) is 78.8 Å². The molecule has 0 unspecified atom stereocenters. The zero-order chi connectivity index (χ0) is 20.8. The first-order valence-electron chi connectivity index (χ1n) is 7.34. The van der Waals surface area contributed by atoms with Crippen molar-refractivity contribution in [3.05, 3.63) is 61.1 Å². The molecule has 3 aromatic rings. The molecule has 0 fully saturated rings. The van der Waals surface area contributed by atoms with Crippen LogP contribution in [0.4, 0.5) is 18.9 Å². The lowest BCUT2D eigenvalue weighted by molar-refractivity contribution is -0.384. The number of hydrogen-bond donors (Lipinski definition) is 0. The summed E-state index contributed by atoms with van der Waals surface area (Å²) in [4.78, 5) is 14.2. The molecular weight excluding hydrogens is 442 g/mol. The van der Waals surface area contributed by atoms with Crippen LogP contribution in [0.15, 0.2) is 30.3 Å². The van der Waals surface area contributed by atoms with E-state index in [1.54, 1.807) is 7.05 Å². The van der Waals surface area contributed by atoms with Gasteiger partial charge in [-0.2, -0.15) is 17.9 Å². The van der Waals surface area contributed by atoms with Gasteiger partial charge in [0.1, 0.15) is 16.0 Å². The second-order valence-corrected chi connectivity index (χ2v) is 6.68. The molecule has 2 heterocycles. The van der Waals surface area contributed by atoms with Crippen LogP contribution in [0, 0.1) is 14.9 Å². The van der Waals surface area contributed by atoms with Crippen LogP contribution >= 0.6 is 35.4 Å². The van der Waals surface area contributed by atoms with E-state index in [4.69, 9.17) is 35.4 Å². The number of nitro benzene ring substituents is 1. The average Bonchev–Trinajstić information content (AvgIpc) is 2.88. The Kier molecular flexibility index (Phi) is 5.17. The first-order chi connectivity index (χ1) is 13.0. The van der Waals surface area contributed by atoms with Crippen molar-refractivity contribution in [3.8, 4) is 17.1 Å². The normalized spacial score (nSPS) is 11.6. The summed E-state index contributed by atoms with van der Waals surface area (Å²) in [6.45, 7) is 0. The van der Waals surface area contributed by atoms with Gasteiger partial charge in [-0.1, -0.05) is 23.2 Å². The minimum absolute atomic E-state index is 0.0157. The Bertz CT molecular complexity index is 1140. The molecule has 0 aliphatic heterocycles. The lowest BCUT2D eigenvalue weighted by Gasteiger charge is -2.08. The van der Waals surface area contributed by atoms with E-state index in [9.17, 15) is 23.3 Å². The quantitative estimate of drug-likeness (QED) is 0.236. The molecule has 2 aromatic heterocycles. The number of hydrogen-bond acceptors (Lipinski definition) is 5. The van der Waals surface area contributed by atoms with Crippen molar-refractivity contribution in [1.29, 1.82) is 0 Å². The van der Waals surface area contributed by atoms with Crippen molar-refractivity contribution >= 4 is 41.1 Å². The van der Waals surface area contributed by atoms with Gasteiger partial charge in [0.05, 0.1) is 10.5 Å². The number of alkyl halides is 3. The van der Waals surface area contributed by atoms with Gasteiger partial charge in [0.25, 0.3) is 5.69 Å². The molecule has 0 radical (unpaired) electrons. The fourth-order valence-electron chi connectivity index (χ4n) is 2.46. The van der Waals surface area contributed by atoms with E-state index in [1.807, 2.05) is 0 Å². The lowest BCUT2D eigenvalue weighted by Crippen LogP contribution is -2.08. The highest BCUT2D eigenvalue weighted by Gasteiger charge is 2.33. The highest BCUT2D eigenvalue weighted by Crippen LogP contribution is 2.34. The molecule has 0 saturated heterocycles. The minimum atomic E-state index is -4.73. The smallest absolute Gasteiger partial charge is 0.303 e. The largest absolute Gasteiger partial charge is 0.416 e. The maximum absolute atomic E-state index is 12.9. The van der Waals surface area contributed by atoms with Crippen molar-refractivity contribution < 1.29 is 18.1 Å². The second kappa shape index (κ2) is 7.15. The highest BCUT2D eigenvalue weighted by atomic mass is 35.5. The van der Waals surface area contributed by atoms with Gasteiger partial charge in [-0.3, -0.25) is 10.1 Å².